The quantitative estimate of drug-likeness (QED) is 0.647. The topological polar surface area (TPSA) is 33.3 Å². The number of hydrogen-bond donors (Lipinski definition) is 2. The Morgan fingerprint density at radius 1 is 1.28 bits per heavy atom. The van der Waals surface area contributed by atoms with Crippen molar-refractivity contribution in [1.82, 2.24) is 5.32 Å². The summed E-state index contributed by atoms with van der Waals surface area (Å²) in [7, 11) is 1.63. The molecule has 0 aliphatic rings. The summed E-state index contributed by atoms with van der Waals surface area (Å²) in [6.07, 6.45) is 0. The maximum absolute atomic E-state index is 6.03. The van der Waals surface area contributed by atoms with Gasteiger partial charge in [0.1, 0.15) is 0 Å². The Morgan fingerprint density at radius 3 is 2.50 bits per heavy atom. The summed E-state index contributed by atoms with van der Waals surface area (Å²) in [6.45, 7) is 2.50. The third kappa shape index (κ3) is 4.78. The zero-order valence-electron chi connectivity index (χ0n) is 9.89. The molecule has 0 aliphatic carbocycles. The van der Waals surface area contributed by atoms with Gasteiger partial charge in [0.15, 0.2) is 5.11 Å². The Labute approximate surface area is 127 Å². The van der Waals surface area contributed by atoms with Crippen molar-refractivity contribution in [3.8, 4) is 0 Å². The van der Waals surface area contributed by atoms with Crippen molar-refractivity contribution in [1.29, 1.82) is 0 Å². The predicted octanol–water partition coefficient (Wildman–Crippen LogP) is 3.97. The van der Waals surface area contributed by atoms with Gasteiger partial charge in [-0.3, -0.25) is 0 Å². The molecule has 1 aromatic rings. The average Bonchev–Trinajstić information content (AvgIpc) is 2.26. The molecule has 0 aromatic heterocycles. The monoisotopic (exact) mass is 326 g/mol. The van der Waals surface area contributed by atoms with E-state index in [1.54, 1.807) is 19.2 Å². The SMILES string of the molecule is COCC(C)NC(=S)Nc1cc(Cl)c(Cl)cc1Cl. The van der Waals surface area contributed by atoms with Crippen LogP contribution >= 0.6 is 47.0 Å². The Bertz CT molecular complexity index is 443. The summed E-state index contributed by atoms with van der Waals surface area (Å²) in [5, 5.41) is 7.72. The van der Waals surface area contributed by atoms with E-state index < -0.39 is 0 Å². The Morgan fingerprint density at radius 2 is 1.89 bits per heavy atom. The van der Waals surface area contributed by atoms with Gasteiger partial charge in [-0.05, 0) is 31.3 Å². The van der Waals surface area contributed by atoms with Crippen molar-refractivity contribution in [2.45, 2.75) is 13.0 Å². The van der Waals surface area contributed by atoms with Crippen molar-refractivity contribution >= 4 is 57.8 Å². The molecule has 0 heterocycles. The van der Waals surface area contributed by atoms with Crippen LogP contribution in [-0.4, -0.2) is 24.9 Å². The van der Waals surface area contributed by atoms with Gasteiger partial charge in [0.25, 0.3) is 0 Å². The summed E-state index contributed by atoms with van der Waals surface area (Å²) in [5.74, 6) is 0. The largest absolute Gasteiger partial charge is 0.383 e. The second kappa shape index (κ2) is 7.36. The highest BCUT2D eigenvalue weighted by molar-refractivity contribution is 7.80. The van der Waals surface area contributed by atoms with E-state index in [9.17, 15) is 0 Å². The van der Waals surface area contributed by atoms with E-state index in [1.807, 2.05) is 6.92 Å². The van der Waals surface area contributed by atoms with Gasteiger partial charge in [-0.2, -0.15) is 0 Å². The van der Waals surface area contributed by atoms with E-state index in [0.29, 0.717) is 32.5 Å². The number of benzene rings is 1. The molecular weight excluding hydrogens is 315 g/mol. The average molecular weight is 328 g/mol. The zero-order valence-corrected chi connectivity index (χ0v) is 13.0. The van der Waals surface area contributed by atoms with Crippen molar-refractivity contribution in [2.24, 2.45) is 0 Å². The molecule has 0 amide bonds. The standard InChI is InChI=1S/C11H13Cl3N2OS/c1-6(5-17-2)15-11(18)16-10-4-8(13)7(12)3-9(10)14/h3-4,6H,5H2,1-2H3,(H2,15,16,18). The molecule has 1 aromatic carbocycles. The van der Waals surface area contributed by atoms with Gasteiger partial charge in [0.2, 0.25) is 0 Å². The van der Waals surface area contributed by atoms with E-state index in [1.165, 1.54) is 0 Å². The lowest BCUT2D eigenvalue weighted by molar-refractivity contribution is 0.179. The summed E-state index contributed by atoms with van der Waals surface area (Å²) >= 11 is 22.9. The number of rotatable bonds is 4. The molecule has 0 saturated carbocycles. The lowest BCUT2D eigenvalue weighted by Gasteiger charge is -2.17. The molecule has 100 valence electrons. The van der Waals surface area contributed by atoms with Gasteiger partial charge in [-0.15, -0.1) is 0 Å². The van der Waals surface area contributed by atoms with Crippen LogP contribution in [-0.2, 0) is 4.74 Å². The number of methoxy groups -OCH3 is 1. The Hall–Kier alpha value is -0.260. The van der Waals surface area contributed by atoms with Crippen LogP contribution in [0.25, 0.3) is 0 Å². The fourth-order valence-corrected chi connectivity index (χ4v) is 2.20. The van der Waals surface area contributed by atoms with Gasteiger partial charge < -0.3 is 15.4 Å². The van der Waals surface area contributed by atoms with Crippen LogP contribution in [0.5, 0.6) is 0 Å². The van der Waals surface area contributed by atoms with E-state index in [0.717, 1.165) is 0 Å². The fourth-order valence-electron chi connectivity index (χ4n) is 1.29. The highest BCUT2D eigenvalue weighted by atomic mass is 35.5. The molecule has 0 spiro atoms. The number of hydrogen-bond acceptors (Lipinski definition) is 2. The minimum atomic E-state index is 0.0940. The lowest BCUT2D eigenvalue weighted by Crippen LogP contribution is -2.38. The van der Waals surface area contributed by atoms with Crippen LogP contribution in [0, 0.1) is 0 Å². The predicted molar refractivity (Wildman–Crippen MR) is 82.2 cm³/mol. The second-order valence-electron chi connectivity index (χ2n) is 3.70. The first-order chi connectivity index (χ1) is 8.43. The maximum Gasteiger partial charge on any atom is 0.171 e. The van der Waals surface area contributed by atoms with Crippen LogP contribution < -0.4 is 10.6 Å². The van der Waals surface area contributed by atoms with Crippen molar-refractivity contribution < 1.29 is 4.74 Å². The van der Waals surface area contributed by atoms with Crippen molar-refractivity contribution in [3.05, 3.63) is 27.2 Å². The minimum Gasteiger partial charge on any atom is -0.383 e. The number of ether oxygens (including phenoxy) is 1. The van der Waals surface area contributed by atoms with Crippen molar-refractivity contribution in [2.75, 3.05) is 19.0 Å². The molecule has 0 radical (unpaired) electrons. The number of nitrogens with one attached hydrogen (secondary N) is 2. The smallest absolute Gasteiger partial charge is 0.171 e. The summed E-state index contributed by atoms with van der Waals surface area (Å²) in [5.41, 5.74) is 0.605. The zero-order chi connectivity index (χ0) is 13.7. The molecule has 0 fully saturated rings. The molecule has 7 heteroatoms. The number of thiocarbonyl (C=S) groups is 1. The molecule has 0 saturated heterocycles. The maximum atomic E-state index is 6.03. The van der Waals surface area contributed by atoms with Crippen LogP contribution in [0.4, 0.5) is 5.69 Å². The Kier molecular flexibility index (Phi) is 6.46. The first kappa shape index (κ1) is 15.8. The van der Waals surface area contributed by atoms with E-state index in [2.05, 4.69) is 10.6 Å². The first-order valence-electron chi connectivity index (χ1n) is 5.15. The molecule has 1 unspecified atom stereocenters. The molecule has 0 aliphatic heterocycles. The van der Waals surface area contributed by atoms with Gasteiger partial charge in [-0.25, -0.2) is 0 Å². The molecular formula is C11H13Cl3N2OS. The van der Waals surface area contributed by atoms with Crippen LogP contribution in [0.15, 0.2) is 12.1 Å². The van der Waals surface area contributed by atoms with Gasteiger partial charge >= 0.3 is 0 Å². The van der Waals surface area contributed by atoms with Crippen LogP contribution in [0.3, 0.4) is 0 Å². The number of halogens is 3. The molecule has 3 nitrogen and oxygen atoms in total. The highest BCUT2D eigenvalue weighted by Gasteiger charge is 2.09. The number of anilines is 1. The summed E-state index contributed by atoms with van der Waals surface area (Å²) < 4.78 is 5.00. The Balaban J connectivity index is 2.67. The van der Waals surface area contributed by atoms with Crippen molar-refractivity contribution in [3.63, 3.8) is 0 Å². The van der Waals surface area contributed by atoms with Gasteiger partial charge in [0, 0.05) is 13.2 Å². The normalized spacial score (nSPS) is 12.1. The first-order valence-corrected chi connectivity index (χ1v) is 6.69. The highest BCUT2D eigenvalue weighted by Crippen LogP contribution is 2.32. The molecule has 1 atom stereocenters. The second-order valence-corrected chi connectivity index (χ2v) is 5.33. The van der Waals surface area contributed by atoms with E-state index >= 15 is 0 Å². The minimum absolute atomic E-state index is 0.0940. The van der Waals surface area contributed by atoms with Gasteiger partial charge in [-0.1, -0.05) is 34.8 Å². The van der Waals surface area contributed by atoms with E-state index in [-0.39, 0.29) is 6.04 Å². The van der Waals surface area contributed by atoms with Crippen LogP contribution in [0.1, 0.15) is 6.92 Å². The summed E-state index contributed by atoms with van der Waals surface area (Å²) in [6, 6.07) is 3.28. The summed E-state index contributed by atoms with van der Waals surface area (Å²) in [4.78, 5) is 0. The van der Waals surface area contributed by atoms with E-state index in [4.69, 9.17) is 51.8 Å². The third-order valence-electron chi connectivity index (χ3n) is 2.05. The molecule has 0 bridgehead atoms. The molecule has 18 heavy (non-hydrogen) atoms. The molecule has 2 N–H and O–H groups in total. The molecule has 1 rings (SSSR count). The lowest BCUT2D eigenvalue weighted by atomic mass is 10.3. The fraction of sp³-hybridized carbons (Fsp3) is 0.364. The van der Waals surface area contributed by atoms with Gasteiger partial charge in [0.05, 0.1) is 27.4 Å². The van der Waals surface area contributed by atoms with Crippen LogP contribution in [0.2, 0.25) is 15.1 Å². The third-order valence-corrected chi connectivity index (χ3v) is 3.31.